The molecule has 2 aliphatic rings. The van der Waals surface area contributed by atoms with Crippen LogP contribution in [-0.4, -0.2) is 78.8 Å². The first kappa shape index (κ1) is 24.7. The Balaban J connectivity index is 1.18. The molecule has 0 bridgehead atoms. The molecule has 2 amide bonds. The maximum atomic E-state index is 12.7. The fourth-order valence-corrected chi connectivity index (χ4v) is 4.92. The molecule has 1 aliphatic heterocycles. The van der Waals surface area contributed by atoms with Gasteiger partial charge in [0, 0.05) is 51.1 Å². The lowest BCUT2D eigenvalue weighted by atomic mass is 9.98. The smallest absolute Gasteiger partial charge is 0.407 e. The standard InChI is InChI=1S/C27H33N3O5/c1-19(26(33)30-16-14-29(15-17-30)13-11-25(31)32)10-12-28-27(34)35-18-24-22-8-4-2-6-20(22)21-7-3-5-9-23(21)24/h2-9,19,24H,10-18H2,1H3,(H,28,34)(H,31,32). The number of fused-ring (bicyclic) bond motifs is 3. The number of hydrogen-bond acceptors (Lipinski definition) is 5. The number of carboxylic acid groups (broad SMARTS) is 1. The third kappa shape index (κ3) is 6.00. The number of amides is 2. The van der Waals surface area contributed by atoms with Crippen LogP contribution in [0.4, 0.5) is 4.79 Å². The van der Waals surface area contributed by atoms with Crippen molar-refractivity contribution >= 4 is 18.0 Å². The van der Waals surface area contributed by atoms with Crippen molar-refractivity contribution < 1.29 is 24.2 Å². The number of rotatable bonds is 9. The van der Waals surface area contributed by atoms with Gasteiger partial charge in [-0.2, -0.15) is 0 Å². The van der Waals surface area contributed by atoms with Crippen molar-refractivity contribution in [3.63, 3.8) is 0 Å². The van der Waals surface area contributed by atoms with Crippen LogP contribution in [0.3, 0.4) is 0 Å². The SMILES string of the molecule is CC(CCNC(=O)OCC1c2ccccc2-c2ccccc21)C(=O)N1CCN(CCC(=O)O)CC1. The molecule has 1 atom stereocenters. The Hall–Kier alpha value is -3.39. The lowest BCUT2D eigenvalue weighted by molar-refractivity contribution is -0.139. The predicted molar refractivity (Wildman–Crippen MR) is 132 cm³/mol. The number of benzene rings is 2. The fraction of sp³-hybridized carbons (Fsp3) is 0.444. The van der Waals surface area contributed by atoms with E-state index in [0.29, 0.717) is 45.7 Å². The van der Waals surface area contributed by atoms with E-state index >= 15 is 0 Å². The number of aliphatic carboxylic acids is 1. The van der Waals surface area contributed by atoms with Crippen molar-refractivity contribution in [1.82, 2.24) is 15.1 Å². The zero-order chi connectivity index (χ0) is 24.8. The molecule has 0 saturated carbocycles. The van der Waals surface area contributed by atoms with Crippen molar-refractivity contribution in [1.29, 1.82) is 0 Å². The number of hydrogen-bond donors (Lipinski definition) is 2. The van der Waals surface area contributed by atoms with E-state index in [0.717, 1.165) is 0 Å². The Bertz CT molecular complexity index is 1020. The Morgan fingerprint density at radius 2 is 1.60 bits per heavy atom. The van der Waals surface area contributed by atoms with Crippen LogP contribution in [0, 0.1) is 5.92 Å². The zero-order valence-electron chi connectivity index (χ0n) is 20.1. The van der Waals surface area contributed by atoms with E-state index < -0.39 is 12.1 Å². The molecule has 2 aromatic rings. The average Bonchev–Trinajstić information content (AvgIpc) is 3.19. The monoisotopic (exact) mass is 479 g/mol. The number of carboxylic acids is 1. The van der Waals surface area contributed by atoms with Crippen LogP contribution in [-0.2, 0) is 14.3 Å². The molecule has 1 unspecified atom stereocenters. The summed E-state index contributed by atoms with van der Waals surface area (Å²) >= 11 is 0. The molecule has 0 aromatic heterocycles. The molecule has 4 rings (SSSR count). The fourth-order valence-electron chi connectivity index (χ4n) is 4.92. The number of carbonyl (C=O) groups excluding carboxylic acids is 2. The summed E-state index contributed by atoms with van der Waals surface area (Å²) in [4.78, 5) is 39.7. The highest BCUT2D eigenvalue weighted by Gasteiger charge is 2.29. The van der Waals surface area contributed by atoms with Gasteiger partial charge in [-0.25, -0.2) is 4.79 Å². The van der Waals surface area contributed by atoms with Gasteiger partial charge in [-0.1, -0.05) is 55.5 Å². The van der Waals surface area contributed by atoms with E-state index in [2.05, 4.69) is 34.5 Å². The molecule has 1 heterocycles. The van der Waals surface area contributed by atoms with Crippen LogP contribution in [0.1, 0.15) is 36.8 Å². The predicted octanol–water partition coefficient (Wildman–Crippen LogP) is 3.17. The van der Waals surface area contributed by atoms with E-state index in [9.17, 15) is 14.4 Å². The maximum absolute atomic E-state index is 12.7. The van der Waals surface area contributed by atoms with E-state index in [-0.39, 0.29) is 30.8 Å². The quantitative estimate of drug-likeness (QED) is 0.573. The number of nitrogens with zero attached hydrogens (tertiary/aromatic N) is 2. The highest BCUT2D eigenvalue weighted by Crippen LogP contribution is 2.44. The first-order valence-corrected chi connectivity index (χ1v) is 12.3. The Kier molecular flexibility index (Phi) is 8.02. The summed E-state index contributed by atoms with van der Waals surface area (Å²) in [5.74, 6) is -0.935. The van der Waals surface area contributed by atoms with Crippen LogP contribution in [0.25, 0.3) is 11.1 Å². The molecule has 0 spiro atoms. The van der Waals surface area contributed by atoms with Crippen molar-refractivity contribution in [2.75, 3.05) is 45.9 Å². The first-order chi connectivity index (χ1) is 16.9. The second kappa shape index (κ2) is 11.4. The van der Waals surface area contributed by atoms with Gasteiger partial charge >= 0.3 is 12.1 Å². The maximum Gasteiger partial charge on any atom is 0.407 e. The second-order valence-electron chi connectivity index (χ2n) is 9.25. The zero-order valence-corrected chi connectivity index (χ0v) is 20.1. The second-order valence-corrected chi connectivity index (χ2v) is 9.25. The summed E-state index contributed by atoms with van der Waals surface area (Å²) in [6.07, 6.45) is 0.173. The molecule has 8 heteroatoms. The van der Waals surface area contributed by atoms with Gasteiger partial charge in [-0.15, -0.1) is 0 Å². The molecule has 2 aromatic carbocycles. The number of piperazine rings is 1. The molecule has 35 heavy (non-hydrogen) atoms. The molecule has 1 saturated heterocycles. The summed E-state index contributed by atoms with van der Waals surface area (Å²) in [6.45, 7) is 5.58. The van der Waals surface area contributed by atoms with Gasteiger partial charge in [0.2, 0.25) is 5.91 Å². The first-order valence-electron chi connectivity index (χ1n) is 12.3. The highest BCUT2D eigenvalue weighted by molar-refractivity contribution is 5.79. The molecule has 186 valence electrons. The topological polar surface area (TPSA) is 99.2 Å². The van der Waals surface area contributed by atoms with E-state index in [1.54, 1.807) is 0 Å². The third-order valence-electron chi connectivity index (χ3n) is 6.94. The normalized spacial score (nSPS) is 16.3. The average molecular weight is 480 g/mol. The van der Waals surface area contributed by atoms with E-state index in [4.69, 9.17) is 9.84 Å². The van der Waals surface area contributed by atoms with Gasteiger partial charge in [0.1, 0.15) is 6.61 Å². The van der Waals surface area contributed by atoms with E-state index in [1.807, 2.05) is 36.1 Å². The third-order valence-corrected chi connectivity index (χ3v) is 6.94. The minimum absolute atomic E-state index is 0.0165. The van der Waals surface area contributed by atoms with Crippen molar-refractivity contribution in [2.45, 2.75) is 25.7 Å². The summed E-state index contributed by atoms with van der Waals surface area (Å²) in [7, 11) is 0. The Labute approximate surface area is 205 Å². The molecule has 1 fully saturated rings. The number of ether oxygens (including phenoxy) is 1. The summed E-state index contributed by atoms with van der Waals surface area (Å²) in [6, 6.07) is 16.4. The van der Waals surface area contributed by atoms with Gasteiger partial charge < -0.3 is 20.1 Å². The van der Waals surface area contributed by atoms with Crippen molar-refractivity contribution in [2.24, 2.45) is 5.92 Å². The van der Waals surface area contributed by atoms with Crippen LogP contribution in [0.5, 0.6) is 0 Å². The minimum atomic E-state index is -0.805. The number of nitrogens with one attached hydrogen (secondary N) is 1. The molecule has 0 radical (unpaired) electrons. The lowest BCUT2D eigenvalue weighted by Crippen LogP contribution is -2.50. The lowest BCUT2D eigenvalue weighted by Gasteiger charge is -2.35. The van der Waals surface area contributed by atoms with Gasteiger partial charge in [-0.3, -0.25) is 14.5 Å². The van der Waals surface area contributed by atoms with Crippen LogP contribution in [0.15, 0.2) is 48.5 Å². The molecule has 1 aliphatic carbocycles. The molecular formula is C27H33N3O5. The number of alkyl carbamates (subject to hydrolysis) is 1. The molecular weight excluding hydrogens is 446 g/mol. The van der Waals surface area contributed by atoms with Gasteiger partial charge in [0.05, 0.1) is 6.42 Å². The van der Waals surface area contributed by atoms with Gasteiger partial charge in [0.25, 0.3) is 0 Å². The van der Waals surface area contributed by atoms with Crippen LogP contribution >= 0.6 is 0 Å². The minimum Gasteiger partial charge on any atom is -0.481 e. The molecule has 8 nitrogen and oxygen atoms in total. The summed E-state index contributed by atoms with van der Waals surface area (Å²) in [5.41, 5.74) is 4.71. The Morgan fingerprint density at radius 3 is 2.20 bits per heavy atom. The van der Waals surface area contributed by atoms with Crippen LogP contribution < -0.4 is 5.32 Å². The van der Waals surface area contributed by atoms with E-state index in [1.165, 1.54) is 22.3 Å². The van der Waals surface area contributed by atoms with Crippen molar-refractivity contribution in [3.05, 3.63) is 59.7 Å². The molecule has 2 N–H and O–H groups in total. The Morgan fingerprint density at radius 1 is 1.00 bits per heavy atom. The van der Waals surface area contributed by atoms with Gasteiger partial charge in [0.15, 0.2) is 0 Å². The van der Waals surface area contributed by atoms with Crippen LogP contribution in [0.2, 0.25) is 0 Å². The highest BCUT2D eigenvalue weighted by atomic mass is 16.5. The summed E-state index contributed by atoms with van der Waals surface area (Å²) in [5, 5.41) is 11.6. The van der Waals surface area contributed by atoms with Gasteiger partial charge in [-0.05, 0) is 28.7 Å². The van der Waals surface area contributed by atoms with Crippen molar-refractivity contribution in [3.8, 4) is 11.1 Å². The number of carbonyl (C=O) groups is 3. The largest absolute Gasteiger partial charge is 0.481 e. The summed E-state index contributed by atoms with van der Waals surface area (Å²) < 4.78 is 5.56.